The van der Waals surface area contributed by atoms with Gasteiger partial charge in [-0.05, 0) is 44.2 Å². The van der Waals surface area contributed by atoms with Crippen molar-refractivity contribution in [3.8, 4) is 0 Å². The van der Waals surface area contributed by atoms with E-state index in [9.17, 15) is 14.0 Å². The number of carboxylic acid groups (broad SMARTS) is 1. The number of carbonyl (C=O) groups is 2. The molecule has 5 heteroatoms. The third-order valence-electron chi connectivity index (χ3n) is 3.92. The molecule has 4 nitrogen and oxygen atoms in total. The zero-order valence-electron chi connectivity index (χ0n) is 12.1. The molecule has 1 atom stereocenters. The van der Waals surface area contributed by atoms with Crippen LogP contribution in [0.3, 0.4) is 0 Å². The lowest BCUT2D eigenvalue weighted by atomic mass is 9.93. The van der Waals surface area contributed by atoms with E-state index < -0.39 is 11.8 Å². The van der Waals surface area contributed by atoms with Crippen LogP contribution in [-0.2, 0) is 4.79 Å². The smallest absolute Gasteiger partial charge is 0.303 e. The molecule has 1 unspecified atom stereocenters. The van der Waals surface area contributed by atoms with Crippen LogP contribution in [0.15, 0.2) is 18.2 Å². The van der Waals surface area contributed by atoms with Crippen LogP contribution in [0, 0.1) is 18.7 Å². The Balaban J connectivity index is 2.05. The van der Waals surface area contributed by atoms with Crippen molar-refractivity contribution in [3.63, 3.8) is 0 Å². The number of benzene rings is 1. The topological polar surface area (TPSA) is 57.6 Å². The van der Waals surface area contributed by atoms with E-state index in [-0.39, 0.29) is 23.8 Å². The minimum absolute atomic E-state index is 0.105. The zero-order chi connectivity index (χ0) is 15.4. The summed E-state index contributed by atoms with van der Waals surface area (Å²) in [5.74, 6) is -1.43. The van der Waals surface area contributed by atoms with Crippen LogP contribution < -0.4 is 0 Å². The molecule has 1 amide bonds. The Morgan fingerprint density at radius 3 is 2.90 bits per heavy atom. The summed E-state index contributed by atoms with van der Waals surface area (Å²) in [7, 11) is 0. The fraction of sp³-hybridized carbons (Fsp3) is 0.500. The molecule has 1 aliphatic rings. The largest absolute Gasteiger partial charge is 0.481 e. The van der Waals surface area contributed by atoms with Crippen molar-refractivity contribution in [1.29, 1.82) is 0 Å². The predicted octanol–water partition coefficient (Wildman–Crippen LogP) is 2.85. The molecule has 1 N–H and O–H groups in total. The van der Waals surface area contributed by atoms with Crippen molar-refractivity contribution in [1.82, 2.24) is 4.90 Å². The van der Waals surface area contributed by atoms with Gasteiger partial charge in [-0.15, -0.1) is 0 Å². The van der Waals surface area contributed by atoms with E-state index in [4.69, 9.17) is 5.11 Å². The number of amides is 1. The molecule has 0 aromatic heterocycles. The number of nitrogens with zero attached hydrogens (tertiary/aromatic N) is 1. The summed E-state index contributed by atoms with van der Waals surface area (Å²) in [5, 5.41) is 8.73. The highest BCUT2D eigenvalue weighted by Gasteiger charge is 2.26. The zero-order valence-corrected chi connectivity index (χ0v) is 12.1. The molecule has 1 aromatic carbocycles. The first kappa shape index (κ1) is 15.5. The number of hydrogen-bond donors (Lipinski definition) is 1. The number of piperidine rings is 1. The van der Waals surface area contributed by atoms with Crippen molar-refractivity contribution in [3.05, 3.63) is 35.1 Å². The van der Waals surface area contributed by atoms with Gasteiger partial charge < -0.3 is 10.0 Å². The van der Waals surface area contributed by atoms with Gasteiger partial charge in [-0.1, -0.05) is 11.6 Å². The number of hydrogen-bond acceptors (Lipinski definition) is 2. The van der Waals surface area contributed by atoms with E-state index in [1.54, 1.807) is 17.0 Å². The molecule has 0 aliphatic carbocycles. The van der Waals surface area contributed by atoms with Crippen LogP contribution in [0.1, 0.15) is 41.6 Å². The van der Waals surface area contributed by atoms with Crippen LogP contribution >= 0.6 is 0 Å². The van der Waals surface area contributed by atoms with E-state index in [0.29, 0.717) is 19.5 Å². The Morgan fingerprint density at radius 1 is 1.43 bits per heavy atom. The molecule has 2 rings (SSSR count). The van der Waals surface area contributed by atoms with Gasteiger partial charge in [-0.2, -0.15) is 0 Å². The van der Waals surface area contributed by atoms with Gasteiger partial charge in [0.2, 0.25) is 0 Å². The standard InChI is InChI=1S/C16H20FNO3/c1-11-4-6-14(17)13(9-11)16(21)18-8-2-3-12(10-18)5-7-15(19)20/h4,6,9,12H,2-3,5,7-8,10H2,1H3,(H,19,20). The molecule has 0 spiro atoms. The van der Waals surface area contributed by atoms with Crippen LogP contribution in [0.5, 0.6) is 0 Å². The van der Waals surface area contributed by atoms with Crippen molar-refractivity contribution in [2.24, 2.45) is 5.92 Å². The van der Waals surface area contributed by atoms with E-state index in [2.05, 4.69) is 0 Å². The quantitative estimate of drug-likeness (QED) is 0.928. The summed E-state index contributed by atoms with van der Waals surface area (Å²) in [4.78, 5) is 24.7. The van der Waals surface area contributed by atoms with Gasteiger partial charge >= 0.3 is 5.97 Å². The minimum atomic E-state index is -0.817. The normalized spacial score (nSPS) is 18.6. The fourth-order valence-corrected chi connectivity index (χ4v) is 2.79. The Hall–Kier alpha value is -1.91. The summed E-state index contributed by atoms with van der Waals surface area (Å²) in [6, 6.07) is 4.52. The first-order chi connectivity index (χ1) is 9.97. The lowest BCUT2D eigenvalue weighted by Crippen LogP contribution is -2.40. The molecular formula is C16H20FNO3. The summed E-state index contributed by atoms with van der Waals surface area (Å²) in [6.07, 6.45) is 2.44. The highest BCUT2D eigenvalue weighted by Crippen LogP contribution is 2.23. The molecule has 0 bridgehead atoms. The number of halogens is 1. The molecule has 1 aliphatic heterocycles. The van der Waals surface area contributed by atoms with Gasteiger partial charge in [-0.25, -0.2) is 4.39 Å². The Kier molecular flexibility index (Phi) is 4.94. The molecule has 1 saturated heterocycles. The summed E-state index contributed by atoms with van der Waals surface area (Å²) in [6.45, 7) is 2.94. The summed E-state index contributed by atoms with van der Waals surface area (Å²) < 4.78 is 13.8. The maximum atomic E-state index is 13.8. The molecule has 114 valence electrons. The highest BCUT2D eigenvalue weighted by molar-refractivity contribution is 5.94. The average molecular weight is 293 g/mol. The first-order valence-electron chi connectivity index (χ1n) is 7.24. The number of carboxylic acids is 1. The fourth-order valence-electron chi connectivity index (χ4n) is 2.79. The Morgan fingerprint density at radius 2 is 2.19 bits per heavy atom. The second-order valence-electron chi connectivity index (χ2n) is 5.68. The van der Waals surface area contributed by atoms with E-state index in [1.807, 2.05) is 6.92 Å². The van der Waals surface area contributed by atoms with Gasteiger partial charge in [-0.3, -0.25) is 9.59 Å². The van der Waals surface area contributed by atoms with E-state index in [1.165, 1.54) is 6.07 Å². The predicted molar refractivity (Wildman–Crippen MR) is 76.6 cm³/mol. The van der Waals surface area contributed by atoms with Crippen molar-refractivity contribution in [2.45, 2.75) is 32.6 Å². The molecule has 0 radical (unpaired) electrons. The molecular weight excluding hydrogens is 273 g/mol. The van der Waals surface area contributed by atoms with Crippen molar-refractivity contribution >= 4 is 11.9 Å². The minimum Gasteiger partial charge on any atom is -0.481 e. The van der Waals surface area contributed by atoms with Gasteiger partial charge in [0.1, 0.15) is 5.82 Å². The van der Waals surface area contributed by atoms with Crippen LogP contribution in [0.25, 0.3) is 0 Å². The van der Waals surface area contributed by atoms with Crippen LogP contribution in [0.2, 0.25) is 0 Å². The first-order valence-corrected chi connectivity index (χ1v) is 7.24. The Labute approximate surface area is 123 Å². The number of rotatable bonds is 4. The van der Waals surface area contributed by atoms with Gasteiger partial charge in [0.15, 0.2) is 0 Å². The third-order valence-corrected chi connectivity index (χ3v) is 3.92. The van der Waals surface area contributed by atoms with Crippen molar-refractivity contribution in [2.75, 3.05) is 13.1 Å². The number of aryl methyl sites for hydroxylation is 1. The van der Waals surface area contributed by atoms with Gasteiger partial charge in [0, 0.05) is 19.5 Å². The summed E-state index contributed by atoms with van der Waals surface area (Å²) >= 11 is 0. The molecule has 1 fully saturated rings. The average Bonchev–Trinajstić information content (AvgIpc) is 2.47. The Bertz CT molecular complexity index is 544. The van der Waals surface area contributed by atoms with Gasteiger partial charge in [0.25, 0.3) is 5.91 Å². The van der Waals surface area contributed by atoms with Crippen LogP contribution in [0.4, 0.5) is 4.39 Å². The monoisotopic (exact) mass is 293 g/mol. The molecule has 0 saturated carbocycles. The van der Waals surface area contributed by atoms with Crippen molar-refractivity contribution < 1.29 is 19.1 Å². The lowest BCUT2D eigenvalue weighted by molar-refractivity contribution is -0.137. The second-order valence-corrected chi connectivity index (χ2v) is 5.68. The molecule has 1 aromatic rings. The number of aliphatic carboxylic acids is 1. The number of likely N-dealkylation sites (tertiary alicyclic amines) is 1. The summed E-state index contributed by atoms with van der Waals surface area (Å²) in [5.41, 5.74) is 0.952. The van der Waals surface area contributed by atoms with Gasteiger partial charge in [0.05, 0.1) is 5.56 Å². The van der Waals surface area contributed by atoms with E-state index >= 15 is 0 Å². The highest BCUT2D eigenvalue weighted by atomic mass is 19.1. The third kappa shape index (κ3) is 4.03. The second kappa shape index (κ2) is 6.70. The SMILES string of the molecule is Cc1ccc(F)c(C(=O)N2CCCC(CCC(=O)O)C2)c1. The molecule has 1 heterocycles. The molecule has 21 heavy (non-hydrogen) atoms. The maximum absolute atomic E-state index is 13.8. The maximum Gasteiger partial charge on any atom is 0.303 e. The number of carbonyl (C=O) groups excluding carboxylic acids is 1. The lowest BCUT2D eigenvalue weighted by Gasteiger charge is -2.32. The van der Waals surface area contributed by atoms with Crippen LogP contribution in [-0.4, -0.2) is 35.0 Å². The van der Waals surface area contributed by atoms with E-state index in [0.717, 1.165) is 18.4 Å².